The molecule has 0 radical (unpaired) electrons. The molecule has 1 amide bonds. The fraction of sp³-hybridized carbons (Fsp3) is 0.222. The van der Waals surface area contributed by atoms with Gasteiger partial charge in [0.1, 0.15) is 5.01 Å². The molecule has 2 aromatic heterocycles. The molecule has 0 aliphatic heterocycles. The highest BCUT2D eigenvalue weighted by atomic mass is 35.5. The first kappa shape index (κ1) is 18.4. The van der Waals surface area contributed by atoms with E-state index in [4.69, 9.17) is 23.2 Å². The summed E-state index contributed by atoms with van der Waals surface area (Å²) in [5, 5.41) is 3.51. The van der Waals surface area contributed by atoms with Gasteiger partial charge in [-0.15, -0.1) is 22.7 Å². The third-order valence-electron chi connectivity index (χ3n) is 3.72. The molecule has 130 valence electrons. The van der Waals surface area contributed by atoms with Crippen molar-refractivity contribution in [1.82, 2.24) is 9.88 Å². The summed E-state index contributed by atoms with van der Waals surface area (Å²) in [6.45, 7) is 3.10. The SMILES string of the molecule is CCN(Cc1ccccc1Cl)C(=O)Cc1csc(-c2ccc(Cl)s2)n1. The minimum absolute atomic E-state index is 0.0449. The summed E-state index contributed by atoms with van der Waals surface area (Å²) in [5.41, 5.74) is 1.73. The molecule has 3 nitrogen and oxygen atoms in total. The Labute approximate surface area is 164 Å². The van der Waals surface area contributed by atoms with Gasteiger partial charge in [-0.05, 0) is 30.7 Å². The van der Waals surface area contributed by atoms with Gasteiger partial charge in [0.15, 0.2) is 0 Å². The van der Waals surface area contributed by atoms with E-state index in [9.17, 15) is 4.79 Å². The summed E-state index contributed by atoms with van der Waals surface area (Å²) in [5.74, 6) is 0.0449. The van der Waals surface area contributed by atoms with Gasteiger partial charge in [-0.3, -0.25) is 4.79 Å². The molecule has 0 saturated carbocycles. The van der Waals surface area contributed by atoms with Crippen LogP contribution < -0.4 is 0 Å². The summed E-state index contributed by atoms with van der Waals surface area (Å²) >= 11 is 15.2. The van der Waals surface area contributed by atoms with Crippen LogP contribution in [0.3, 0.4) is 0 Å². The summed E-state index contributed by atoms with van der Waals surface area (Å²) in [7, 11) is 0. The van der Waals surface area contributed by atoms with Crippen molar-refractivity contribution in [2.75, 3.05) is 6.54 Å². The Kier molecular flexibility index (Phi) is 6.12. The molecule has 0 saturated heterocycles. The lowest BCUT2D eigenvalue weighted by atomic mass is 10.2. The van der Waals surface area contributed by atoms with Crippen LogP contribution in [-0.4, -0.2) is 22.3 Å². The summed E-state index contributed by atoms with van der Waals surface area (Å²) < 4.78 is 0.736. The van der Waals surface area contributed by atoms with Crippen molar-refractivity contribution in [3.63, 3.8) is 0 Å². The quantitative estimate of drug-likeness (QED) is 0.516. The van der Waals surface area contributed by atoms with Crippen LogP contribution in [0.1, 0.15) is 18.2 Å². The number of carbonyl (C=O) groups excluding carboxylic acids is 1. The van der Waals surface area contributed by atoms with Crippen LogP contribution in [0.4, 0.5) is 0 Å². The van der Waals surface area contributed by atoms with Crippen LogP contribution in [0.15, 0.2) is 41.8 Å². The first-order valence-corrected chi connectivity index (χ1v) is 10.2. The fourth-order valence-electron chi connectivity index (χ4n) is 2.41. The molecule has 0 aliphatic rings. The average molecular weight is 411 g/mol. The van der Waals surface area contributed by atoms with Crippen LogP contribution in [-0.2, 0) is 17.8 Å². The van der Waals surface area contributed by atoms with Crippen LogP contribution in [0, 0.1) is 0 Å². The largest absolute Gasteiger partial charge is 0.338 e. The van der Waals surface area contributed by atoms with E-state index in [0.29, 0.717) is 18.1 Å². The number of nitrogens with zero attached hydrogens (tertiary/aromatic N) is 2. The number of likely N-dealkylation sites (N-methyl/N-ethyl adjacent to an activating group) is 1. The maximum absolute atomic E-state index is 12.6. The van der Waals surface area contributed by atoms with Crippen molar-refractivity contribution in [1.29, 1.82) is 0 Å². The zero-order valence-electron chi connectivity index (χ0n) is 13.5. The number of benzene rings is 1. The van der Waals surface area contributed by atoms with Crippen molar-refractivity contribution >= 4 is 51.8 Å². The molecule has 25 heavy (non-hydrogen) atoms. The van der Waals surface area contributed by atoms with Gasteiger partial charge < -0.3 is 4.90 Å². The van der Waals surface area contributed by atoms with Gasteiger partial charge in [-0.1, -0.05) is 41.4 Å². The van der Waals surface area contributed by atoms with E-state index in [1.807, 2.05) is 48.7 Å². The normalized spacial score (nSPS) is 10.8. The molecular formula is C18H16Cl2N2OS2. The maximum atomic E-state index is 12.6. The van der Waals surface area contributed by atoms with E-state index in [0.717, 1.165) is 25.5 Å². The number of aromatic nitrogens is 1. The second-order valence-corrected chi connectivity index (χ2v) is 8.40. The Morgan fingerprint density at radius 1 is 1.20 bits per heavy atom. The number of thiazole rings is 1. The lowest BCUT2D eigenvalue weighted by molar-refractivity contribution is -0.130. The minimum Gasteiger partial charge on any atom is -0.338 e. The molecular weight excluding hydrogens is 395 g/mol. The monoisotopic (exact) mass is 410 g/mol. The number of rotatable bonds is 6. The zero-order valence-corrected chi connectivity index (χ0v) is 16.7. The molecule has 2 heterocycles. The van der Waals surface area contributed by atoms with Crippen molar-refractivity contribution in [2.45, 2.75) is 19.9 Å². The molecule has 0 N–H and O–H groups in total. The van der Waals surface area contributed by atoms with Gasteiger partial charge in [0, 0.05) is 23.5 Å². The lowest BCUT2D eigenvalue weighted by Gasteiger charge is -2.21. The lowest BCUT2D eigenvalue weighted by Crippen LogP contribution is -2.31. The van der Waals surface area contributed by atoms with Gasteiger partial charge in [-0.2, -0.15) is 0 Å². The highest BCUT2D eigenvalue weighted by Gasteiger charge is 2.16. The predicted octanol–water partition coefficient (Wildman–Crippen LogP) is 5.77. The Morgan fingerprint density at radius 3 is 2.68 bits per heavy atom. The number of amides is 1. The number of thiophene rings is 1. The van der Waals surface area contributed by atoms with Crippen molar-refractivity contribution in [3.05, 3.63) is 62.4 Å². The van der Waals surface area contributed by atoms with E-state index in [2.05, 4.69) is 4.98 Å². The number of carbonyl (C=O) groups is 1. The topological polar surface area (TPSA) is 33.2 Å². The Balaban J connectivity index is 1.68. The second-order valence-electron chi connectivity index (χ2n) is 5.42. The minimum atomic E-state index is 0.0449. The van der Waals surface area contributed by atoms with Crippen LogP contribution in [0.2, 0.25) is 9.36 Å². The van der Waals surface area contributed by atoms with Gasteiger partial charge >= 0.3 is 0 Å². The molecule has 7 heteroatoms. The fourth-order valence-corrected chi connectivity index (χ4v) is 4.54. The molecule has 3 rings (SSSR count). The molecule has 1 aromatic carbocycles. The maximum Gasteiger partial charge on any atom is 0.228 e. The van der Waals surface area contributed by atoms with Crippen molar-refractivity contribution < 1.29 is 4.79 Å². The Hall–Kier alpha value is -1.40. The smallest absolute Gasteiger partial charge is 0.228 e. The van der Waals surface area contributed by atoms with E-state index in [-0.39, 0.29) is 12.3 Å². The molecule has 0 spiro atoms. The second kappa shape index (κ2) is 8.32. The Morgan fingerprint density at radius 2 is 2.00 bits per heavy atom. The van der Waals surface area contributed by atoms with E-state index in [1.165, 1.54) is 22.7 Å². The van der Waals surface area contributed by atoms with Gasteiger partial charge in [0.25, 0.3) is 0 Å². The molecule has 3 aromatic rings. The third kappa shape index (κ3) is 4.61. The number of hydrogen-bond acceptors (Lipinski definition) is 4. The van der Waals surface area contributed by atoms with E-state index in [1.54, 1.807) is 4.90 Å². The average Bonchev–Trinajstić information content (AvgIpc) is 3.23. The van der Waals surface area contributed by atoms with Gasteiger partial charge in [0.2, 0.25) is 5.91 Å². The van der Waals surface area contributed by atoms with Gasteiger partial charge in [-0.25, -0.2) is 4.98 Å². The molecule has 0 fully saturated rings. The first-order chi connectivity index (χ1) is 12.1. The number of halogens is 2. The highest BCUT2D eigenvalue weighted by Crippen LogP contribution is 2.33. The molecule has 0 bridgehead atoms. The van der Waals surface area contributed by atoms with E-state index >= 15 is 0 Å². The first-order valence-electron chi connectivity index (χ1n) is 7.78. The summed E-state index contributed by atoms with van der Waals surface area (Å²) in [6, 6.07) is 11.4. The van der Waals surface area contributed by atoms with Crippen LogP contribution in [0.25, 0.3) is 9.88 Å². The molecule has 0 atom stereocenters. The van der Waals surface area contributed by atoms with E-state index < -0.39 is 0 Å². The molecule has 0 unspecified atom stereocenters. The van der Waals surface area contributed by atoms with Crippen LogP contribution >= 0.6 is 45.9 Å². The van der Waals surface area contributed by atoms with Crippen molar-refractivity contribution in [2.24, 2.45) is 0 Å². The van der Waals surface area contributed by atoms with Crippen LogP contribution in [0.5, 0.6) is 0 Å². The third-order valence-corrected chi connectivity index (χ3v) is 6.38. The van der Waals surface area contributed by atoms with Gasteiger partial charge in [0.05, 0.1) is 21.3 Å². The predicted molar refractivity (Wildman–Crippen MR) is 107 cm³/mol. The highest BCUT2D eigenvalue weighted by molar-refractivity contribution is 7.23. The van der Waals surface area contributed by atoms with Crippen molar-refractivity contribution in [3.8, 4) is 9.88 Å². The summed E-state index contributed by atoms with van der Waals surface area (Å²) in [6.07, 6.45) is 0.286. The Bertz CT molecular complexity index is 875. The number of hydrogen-bond donors (Lipinski definition) is 0. The standard InChI is InChI=1S/C18H16Cl2N2OS2/c1-2-22(10-12-5-3-4-6-14(12)19)17(23)9-13-11-24-18(21-13)15-7-8-16(20)25-15/h3-8,11H,2,9-10H2,1H3. The summed E-state index contributed by atoms with van der Waals surface area (Å²) in [4.78, 5) is 20.0. The molecule has 0 aliphatic carbocycles. The zero-order chi connectivity index (χ0) is 17.8.